The van der Waals surface area contributed by atoms with Crippen molar-refractivity contribution in [2.45, 2.75) is 46.6 Å². The number of rotatable bonds is 8. The summed E-state index contributed by atoms with van der Waals surface area (Å²) < 4.78 is 0. The summed E-state index contributed by atoms with van der Waals surface area (Å²) in [5.74, 6) is 1.14. The molecule has 5 nitrogen and oxygen atoms in total. The monoisotopic (exact) mass is 432 g/mol. The summed E-state index contributed by atoms with van der Waals surface area (Å²) in [5, 5.41) is 5.99. The maximum absolute atomic E-state index is 11.6. The average molecular weight is 432 g/mol. The van der Waals surface area contributed by atoms with Gasteiger partial charge in [0.15, 0.2) is 5.96 Å². The van der Waals surface area contributed by atoms with Crippen LogP contribution in [0.3, 0.4) is 0 Å². The van der Waals surface area contributed by atoms with Crippen molar-refractivity contribution in [3.8, 4) is 0 Å². The van der Waals surface area contributed by atoms with Crippen LogP contribution in [0.5, 0.6) is 0 Å². The molecule has 0 heterocycles. The molecule has 1 rings (SSSR count). The van der Waals surface area contributed by atoms with Crippen molar-refractivity contribution >= 4 is 41.5 Å². The van der Waals surface area contributed by atoms with Crippen molar-refractivity contribution in [2.75, 3.05) is 11.9 Å². The predicted molar refractivity (Wildman–Crippen MR) is 108 cm³/mol. The Morgan fingerprint density at radius 3 is 2.74 bits per heavy atom. The van der Waals surface area contributed by atoms with Crippen LogP contribution in [0.2, 0.25) is 0 Å². The van der Waals surface area contributed by atoms with E-state index in [1.807, 2.05) is 31.2 Å². The molecule has 0 radical (unpaired) electrons. The topological polar surface area (TPSA) is 79.5 Å². The first-order chi connectivity index (χ1) is 10.5. The average Bonchev–Trinajstić information content (AvgIpc) is 2.45. The van der Waals surface area contributed by atoms with Gasteiger partial charge < -0.3 is 16.4 Å². The zero-order valence-electron chi connectivity index (χ0n) is 14.3. The van der Waals surface area contributed by atoms with Gasteiger partial charge in [-0.15, -0.1) is 24.0 Å². The summed E-state index contributed by atoms with van der Waals surface area (Å²) in [4.78, 5) is 15.9. The highest BCUT2D eigenvalue weighted by molar-refractivity contribution is 14.0. The standard InChI is InChI=1S/C17H28N4O.HI/c1-4-6-16(22)21-15-8-5-7-14(11-15)12-20-17(18)19-10-9-13(2)3;/h5,7-8,11,13H,4,6,9-10,12H2,1-3H3,(H,21,22)(H3,18,19,20);1H. The number of carbonyl (C=O) groups is 1. The maximum Gasteiger partial charge on any atom is 0.224 e. The van der Waals surface area contributed by atoms with Crippen LogP contribution >= 0.6 is 24.0 Å². The fourth-order valence-electron chi connectivity index (χ4n) is 1.92. The lowest BCUT2D eigenvalue weighted by molar-refractivity contribution is -0.116. The molecule has 0 fully saturated rings. The van der Waals surface area contributed by atoms with Crippen LogP contribution < -0.4 is 16.4 Å². The molecule has 1 aromatic carbocycles. The third-order valence-corrected chi connectivity index (χ3v) is 3.15. The minimum atomic E-state index is 0. The van der Waals surface area contributed by atoms with Crippen molar-refractivity contribution in [1.82, 2.24) is 5.32 Å². The quantitative estimate of drug-likeness (QED) is 0.334. The lowest BCUT2D eigenvalue weighted by Gasteiger charge is -2.08. The van der Waals surface area contributed by atoms with Gasteiger partial charge in [-0.25, -0.2) is 4.99 Å². The fourth-order valence-corrected chi connectivity index (χ4v) is 1.92. The Morgan fingerprint density at radius 1 is 1.35 bits per heavy atom. The van der Waals surface area contributed by atoms with Gasteiger partial charge in [-0.05, 0) is 36.5 Å². The lowest BCUT2D eigenvalue weighted by atomic mass is 10.1. The molecule has 0 saturated heterocycles. The molecule has 23 heavy (non-hydrogen) atoms. The molecule has 0 aromatic heterocycles. The molecule has 0 aliphatic carbocycles. The molecule has 1 aromatic rings. The van der Waals surface area contributed by atoms with Crippen LogP contribution in [0.4, 0.5) is 5.69 Å². The molecule has 0 aliphatic heterocycles. The number of guanidine groups is 1. The maximum atomic E-state index is 11.6. The van der Waals surface area contributed by atoms with E-state index >= 15 is 0 Å². The Balaban J connectivity index is 0.00000484. The van der Waals surface area contributed by atoms with E-state index in [0.717, 1.165) is 30.6 Å². The number of carbonyl (C=O) groups excluding carboxylic acids is 1. The van der Waals surface area contributed by atoms with Gasteiger partial charge in [-0.2, -0.15) is 0 Å². The number of nitrogens with two attached hydrogens (primary N) is 1. The largest absolute Gasteiger partial charge is 0.370 e. The summed E-state index contributed by atoms with van der Waals surface area (Å²) in [5.41, 5.74) is 7.66. The summed E-state index contributed by atoms with van der Waals surface area (Å²) in [7, 11) is 0. The zero-order valence-corrected chi connectivity index (χ0v) is 16.6. The van der Waals surface area contributed by atoms with Gasteiger partial charge in [-0.1, -0.05) is 32.9 Å². The van der Waals surface area contributed by atoms with E-state index in [4.69, 9.17) is 5.73 Å². The Kier molecular flexibility index (Phi) is 11.5. The highest BCUT2D eigenvalue weighted by Gasteiger charge is 2.01. The molecule has 130 valence electrons. The van der Waals surface area contributed by atoms with Gasteiger partial charge in [-0.3, -0.25) is 4.79 Å². The second kappa shape index (κ2) is 12.2. The van der Waals surface area contributed by atoms with E-state index in [1.54, 1.807) is 0 Å². The number of nitrogens with zero attached hydrogens (tertiary/aromatic N) is 1. The van der Waals surface area contributed by atoms with E-state index in [2.05, 4.69) is 29.5 Å². The molecular formula is C17H29IN4O. The Hall–Kier alpha value is -1.31. The first-order valence-electron chi connectivity index (χ1n) is 7.93. The van der Waals surface area contributed by atoms with E-state index in [-0.39, 0.29) is 29.9 Å². The number of amides is 1. The zero-order chi connectivity index (χ0) is 16.4. The lowest BCUT2D eigenvalue weighted by Crippen LogP contribution is -2.32. The van der Waals surface area contributed by atoms with E-state index in [0.29, 0.717) is 24.8 Å². The number of hydrogen-bond donors (Lipinski definition) is 3. The molecular weight excluding hydrogens is 403 g/mol. The second-order valence-corrected chi connectivity index (χ2v) is 5.81. The van der Waals surface area contributed by atoms with Gasteiger partial charge in [0.05, 0.1) is 6.54 Å². The first kappa shape index (κ1) is 21.7. The van der Waals surface area contributed by atoms with E-state index in [9.17, 15) is 4.79 Å². The summed E-state index contributed by atoms with van der Waals surface area (Å²) in [6, 6.07) is 7.69. The molecule has 0 atom stereocenters. The van der Waals surface area contributed by atoms with Gasteiger partial charge in [0.25, 0.3) is 0 Å². The predicted octanol–water partition coefficient (Wildman–Crippen LogP) is 3.49. The SMILES string of the molecule is CCCC(=O)Nc1cccc(CN=C(N)NCCC(C)C)c1.I. The third kappa shape index (κ3) is 10.1. The molecule has 0 spiro atoms. The molecule has 0 saturated carbocycles. The van der Waals surface area contributed by atoms with Gasteiger partial charge in [0.1, 0.15) is 0 Å². The molecule has 6 heteroatoms. The van der Waals surface area contributed by atoms with Gasteiger partial charge in [0, 0.05) is 18.7 Å². The summed E-state index contributed by atoms with van der Waals surface area (Å²) in [6.45, 7) is 7.67. The van der Waals surface area contributed by atoms with Crippen molar-refractivity contribution in [2.24, 2.45) is 16.6 Å². The number of anilines is 1. The van der Waals surface area contributed by atoms with Crippen molar-refractivity contribution < 1.29 is 4.79 Å². The van der Waals surface area contributed by atoms with Crippen LogP contribution in [-0.2, 0) is 11.3 Å². The van der Waals surface area contributed by atoms with Crippen molar-refractivity contribution in [3.63, 3.8) is 0 Å². The van der Waals surface area contributed by atoms with Gasteiger partial charge >= 0.3 is 0 Å². The second-order valence-electron chi connectivity index (χ2n) is 5.81. The smallest absolute Gasteiger partial charge is 0.224 e. The third-order valence-electron chi connectivity index (χ3n) is 3.15. The first-order valence-corrected chi connectivity index (χ1v) is 7.93. The number of nitrogens with one attached hydrogen (secondary N) is 2. The molecule has 0 unspecified atom stereocenters. The Morgan fingerprint density at radius 2 is 2.09 bits per heavy atom. The minimum Gasteiger partial charge on any atom is -0.370 e. The highest BCUT2D eigenvalue weighted by atomic mass is 127. The molecule has 4 N–H and O–H groups in total. The van der Waals surface area contributed by atoms with Crippen LogP contribution in [0.15, 0.2) is 29.3 Å². The minimum absolute atomic E-state index is 0. The van der Waals surface area contributed by atoms with E-state index in [1.165, 1.54) is 0 Å². The van der Waals surface area contributed by atoms with Gasteiger partial charge in [0.2, 0.25) is 5.91 Å². The molecule has 1 amide bonds. The van der Waals surface area contributed by atoms with Crippen molar-refractivity contribution in [1.29, 1.82) is 0 Å². The van der Waals surface area contributed by atoms with Crippen molar-refractivity contribution in [3.05, 3.63) is 29.8 Å². The summed E-state index contributed by atoms with van der Waals surface area (Å²) in [6.07, 6.45) is 2.44. The Labute approximate surface area is 156 Å². The van der Waals surface area contributed by atoms with Crippen LogP contribution in [0.25, 0.3) is 0 Å². The number of benzene rings is 1. The number of hydrogen-bond acceptors (Lipinski definition) is 2. The number of halogens is 1. The molecule has 0 bridgehead atoms. The number of aliphatic imine (C=N–C) groups is 1. The highest BCUT2D eigenvalue weighted by Crippen LogP contribution is 2.12. The van der Waals surface area contributed by atoms with Crippen LogP contribution in [0.1, 0.15) is 45.6 Å². The Bertz CT molecular complexity index is 503. The van der Waals surface area contributed by atoms with E-state index < -0.39 is 0 Å². The fraction of sp³-hybridized carbons (Fsp3) is 0.529. The van der Waals surface area contributed by atoms with Crippen LogP contribution in [-0.4, -0.2) is 18.4 Å². The summed E-state index contributed by atoms with van der Waals surface area (Å²) >= 11 is 0. The normalized spacial score (nSPS) is 11.0. The molecule has 0 aliphatic rings. The van der Waals surface area contributed by atoms with Crippen LogP contribution in [0, 0.1) is 5.92 Å².